The third-order valence-electron chi connectivity index (χ3n) is 4.09. The summed E-state index contributed by atoms with van der Waals surface area (Å²) in [6.07, 6.45) is 0. The van der Waals surface area contributed by atoms with Gasteiger partial charge in [0.2, 0.25) is 0 Å². The highest BCUT2D eigenvalue weighted by Crippen LogP contribution is 2.33. The molecule has 0 atom stereocenters. The van der Waals surface area contributed by atoms with Crippen molar-refractivity contribution in [2.45, 2.75) is 32.9 Å². The molecule has 3 aromatic rings. The first-order valence-corrected chi connectivity index (χ1v) is 8.36. The summed E-state index contributed by atoms with van der Waals surface area (Å²) >= 11 is 0. The zero-order valence-electron chi connectivity index (χ0n) is 15.1. The molecule has 0 saturated carbocycles. The van der Waals surface area contributed by atoms with Gasteiger partial charge in [0.1, 0.15) is 5.82 Å². The number of hydrogen-bond acceptors (Lipinski definition) is 4. The summed E-state index contributed by atoms with van der Waals surface area (Å²) < 4.78 is 48.4. The maximum atomic E-state index is 14.0. The molecule has 2 aromatic carbocycles. The summed E-state index contributed by atoms with van der Waals surface area (Å²) in [5.74, 6) is -2.98. The molecular weight excluding hydrogens is 357 g/mol. The molecule has 0 saturated heterocycles. The zero-order chi connectivity index (χ0) is 19.8. The molecule has 3 rings (SSSR count). The molecule has 0 aliphatic rings. The Hall–Kier alpha value is -3.03. The number of nitrogens with zero attached hydrogens (tertiary/aromatic N) is 3. The van der Waals surface area contributed by atoms with Crippen LogP contribution in [0.1, 0.15) is 26.6 Å². The second-order valence-electron chi connectivity index (χ2n) is 6.52. The van der Waals surface area contributed by atoms with E-state index in [1.807, 2.05) is 19.1 Å². The Labute approximate surface area is 154 Å². The van der Waals surface area contributed by atoms with Crippen molar-refractivity contribution in [3.63, 3.8) is 0 Å². The SMILES string of the molecule is CCn1c(-c2ccc(N)cc2)nnc1C(C)(C)Oc1c(F)cc(F)cc1F. The molecule has 0 fully saturated rings. The smallest absolute Gasteiger partial charge is 0.192 e. The molecule has 0 radical (unpaired) electrons. The molecule has 0 amide bonds. The van der Waals surface area contributed by atoms with Crippen LogP contribution in [0.15, 0.2) is 36.4 Å². The minimum absolute atomic E-state index is 0.375. The zero-order valence-corrected chi connectivity index (χ0v) is 15.1. The molecular formula is C19H19F3N4O. The number of rotatable bonds is 5. The normalized spacial score (nSPS) is 11.6. The first-order valence-electron chi connectivity index (χ1n) is 8.36. The van der Waals surface area contributed by atoms with Gasteiger partial charge in [0.05, 0.1) is 0 Å². The topological polar surface area (TPSA) is 66.0 Å². The minimum atomic E-state index is -1.23. The van der Waals surface area contributed by atoms with Crippen LogP contribution in [0.5, 0.6) is 5.75 Å². The predicted molar refractivity (Wildman–Crippen MR) is 95.5 cm³/mol. The second-order valence-corrected chi connectivity index (χ2v) is 6.52. The van der Waals surface area contributed by atoms with Crippen LogP contribution < -0.4 is 10.5 Å². The molecule has 0 bridgehead atoms. The first kappa shape index (κ1) is 18.8. The van der Waals surface area contributed by atoms with Crippen LogP contribution in [0.4, 0.5) is 18.9 Å². The minimum Gasteiger partial charge on any atom is -0.474 e. The van der Waals surface area contributed by atoms with E-state index < -0.39 is 28.8 Å². The quantitative estimate of drug-likeness (QED) is 0.675. The lowest BCUT2D eigenvalue weighted by molar-refractivity contribution is 0.0824. The Morgan fingerprint density at radius 2 is 1.63 bits per heavy atom. The average molecular weight is 376 g/mol. The van der Waals surface area contributed by atoms with Crippen molar-refractivity contribution in [1.82, 2.24) is 14.8 Å². The van der Waals surface area contributed by atoms with Gasteiger partial charge in [0.15, 0.2) is 34.6 Å². The van der Waals surface area contributed by atoms with E-state index in [4.69, 9.17) is 10.5 Å². The third kappa shape index (κ3) is 3.60. The number of benzene rings is 2. The summed E-state index contributed by atoms with van der Waals surface area (Å²) in [5, 5.41) is 8.37. The van der Waals surface area contributed by atoms with Gasteiger partial charge in [-0.1, -0.05) is 0 Å². The van der Waals surface area contributed by atoms with Crippen molar-refractivity contribution < 1.29 is 17.9 Å². The van der Waals surface area contributed by atoms with Gasteiger partial charge in [0, 0.05) is 29.9 Å². The maximum Gasteiger partial charge on any atom is 0.192 e. The van der Waals surface area contributed by atoms with Crippen LogP contribution in [0.3, 0.4) is 0 Å². The fourth-order valence-electron chi connectivity index (χ4n) is 2.82. The monoisotopic (exact) mass is 376 g/mol. The van der Waals surface area contributed by atoms with Gasteiger partial charge in [-0.3, -0.25) is 0 Å². The number of aromatic nitrogens is 3. The van der Waals surface area contributed by atoms with Gasteiger partial charge in [-0.05, 0) is 45.0 Å². The molecule has 0 unspecified atom stereocenters. The second kappa shape index (κ2) is 6.94. The Kier molecular flexibility index (Phi) is 4.82. The van der Waals surface area contributed by atoms with Crippen molar-refractivity contribution >= 4 is 5.69 Å². The molecule has 1 aromatic heterocycles. The van der Waals surface area contributed by atoms with Gasteiger partial charge in [-0.15, -0.1) is 10.2 Å². The maximum absolute atomic E-state index is 14.0. The third-order valence-corrected chi connectivity index (χ3v) is 4.09. The molecule has 27 heavy (non-hydrogen) atoms. The highest BCUT2D eigenvalue weighted by Gasteiger charge is 2.33. The molecule has 0 aliphatic carbocycles. The van der Waals surface area contributed by atoms with E-state index in [9.17, 15) is 13.2 Å². The van der Waals surface area contributed by atoms with Gasteiger partial charge in [-0.25, -0.2) is 13.2 Å². The largest absolute Gasteiger partial charge is 0.474 e. The molecule has 2 N–H and O–H groups in total. The van der Waals surface area contributed by atoms with Gasteiger partial charge >= 0.3 is 0 Å². The number of nitrogen functional groups attached to an aromatic ring is 1. The van der Waals surface area contributed by atoms with Crippen molar-refractivity contribution in [1.29, 1.82) is 0 Å². The Balaban J connectivity index is 2.01. The lowest BCUT2D eigenvalue weighted by atomic mass is 10.1. The summed E-state index contributed by atoms with van der Waals surface area (Å²) in [6.45, 7) is 5.61. The van der Waals surface area contributed by atoms with Crippen LogP contribution in [0.2, 0.25) is 0 Å². The van der Waals surface area contributed by atoms with E-state index in [1.54, 1.807) is 30.5 Å². The Morgan fingerprint density at radius 3 is 2.19 bits per heavy atom. The number of hydrogen-bond donors (Lipinski definition) is 1. The molecule has 0 spiro atoms. The summed E-state index contributed by atoms with van der Waals surface area (Å²) in [5.41, 5.74) is 5.90. The predicted octanol–water partition coefficient (Wildman–Crippen LogP) is 4.28. The summed E-state index contributed by atoms with van der Waals surface area (Å²) in [6, 6.07) is 8.24. The van der Waals surface area contributed by atoms with E-state index in [0.717, 1.165) is 5.56 Å². The first-order chi connectivity index (χ1) is 12.7. The fraction of sp³-hybridized carbons (Fsp3) is 0.263. The Bertz CT molecular complexity index is 945. The van der Waals surface area contributed by atoms with Crippen LogP contribution in [0, 0.1) is 17.5 Å². The number of anilines is 1. The molecule has 142 valence electrons. The Morgan fingerprint density at radius 1 is 1.04 bits per heavy atom. The van der Waals surface area contributed by atoms with Gasteiger partial charge in [0.25, 0.3) is 0 Å². The standard InChI is InChI=1S/C19H19F3N4O/c1-4-26-17(11-5-7-13(23)8-6-11)24-25-18(26)19(2,3)27-16-14(21)9-12(20)10-15(16)22/h5-10H,4,23H2,1-3H3. The molecule has 8 heteroatoms. The van der Waals surface area contributed by atoms with E-state index in [0.29, 0.717) is 36.0 Å². The van der Waals surface area contributed by atoms with Crippen molar-refractivity contribution in [3.05, 3.63) is 59.7 Å². The van der Waals surface area contributed by atoms with E-state index in [2.05, 4.69) is 10.2 Å². The molecule has 5 nitrogen and oxygen atoms in total. The van der Waals surface area contributed by atoms with Crippen molar-refractivity contribution in [2.24, 2.45) is 0 Å². The summed E-state index contributed by atoms with van der Waals surface area (Å²) in [7, 11) is 0. The van der Waals surface area contributed by atoms with Crippen LogP contribution in [0.25, 0.3) is 11.4 Å². The van der Waals surface area contributed by atoms with E-state index >= 15 is 0 Å². The highest BCUT2D eigenvalue weighted by atomic mass is 19.1. The number of halogens is 3. The van der Waals surface area contributed by atoms with E-state index in [1.165, 1.54) is 0 Å². The lowest BCUT2D eigenvalue weighted by Gasteiger charge is -2.26. The van der Waals surface area contributed by atoms with Gasteiger partial charge in [-0.2, -0.15) is 0 Å². The lowest BCUT2D eigenvalue weighted by Crippen LogP contribution is -2.30. The molecule has 1 heterocycles. The van der Waals surface area contributed by atoms with Crippen LogP contribution in [-0.2, 0) is 12.1 Å². The number of nitrogens with two attached hydrogens (primary N) is 1. The highest BCUT2D eigenvalue weighted by molar-refractivity contribution is 5.59. The van der Waals surface area contributed by atoms with Crippen LogP contribution >= 0.6 is 0 Å². The van der Waals surface area contributed by atoms with Crippen LogP contribution in [-0.4, -0.2) is 14.8 Å². The average Bonchev–Trinajstić information content (AvgIpc) is 3.04. The molecule has 0 aliphatic heterocycles. The van der Waals surface area contributed by atoms with Gasteiger partial charge < -0.3 is 15.0 Å². The van der Waals surface area contributed by atoms with Crippen molar-refractivity contribution in [2.75, 3.05) is 5.73 Å². The van der Waals surface area contributed by atoms with Crippen molar-refractivity contribution in [3.8, 4) is 17.1 Å². The summed E-state index contributed by atoms with van der Waals surface area (Å²) in [4.78, 5) is 0. The van der Waals surface area contributed by atoms with E-state index in [-0.39, 0.29) is 0 Å². The number of ether oxygens (including phenoxy) is 1. The fourth-order valence-corrected chi connectivity index (χ4v) is 2.82.